The maximum absolute atomic E-state index is 11.6. The maximum atomic E-state index is 11.6. The van der Waals surface area contributed by atoms with Gasteiger partial charge in [0.2, 0.25) is 0 Å². The first-order valence-corrected chi connectivity index (χ1v) is 6.96. The van der Waals surface area contributed by atoms with Crippen LogP contribution in [0.15, 0.2) is 54.6 Å². The maximum Gasteiger partial charge on any atom is 0.337 e. The minimum atomic E-state index is -0.984. The van der Waals surface area contributed by atoms with Crippen LogP contribution in [0.1, 0.15) is 21.6 Å². The van der Waals surface area contributed by atoms with Crippen LogP contribution in [-0.2, 0) is 6.61 Å². The molecule has 1 N–H and O–H groups in total. The summed E-state index contributed by atoms with van der Waals surface area (Å²) in [7, 11) is 0. The van der Waals surface area contributed by atoms with Crippen LogP contribution in [0, 0.1) is 6.92 Å². The van der Waals surface area contributed by atoms with Crippen molar-refractivity contribution < 1.29 is 14.6 Å². The van der Waals surface area contributed by atoms with Crippen molar-refractivity contribution in [3.05, 3.63) is 71.4 Å². The summed E-state index contributed by atoms with van der Waals surface area (Å²) in [6.07, 6.45) is 0. The van der Waals surface area contributed by atoms with Crippen molar-refractivity contribution in [2.75, 3.05) is 0 Å². The Morgan fingerprint density at radius 3 is 2.50 bits per heavy atom. The third-order valence-electron chi connectivity index (χ3n) is 3.56. The van der Waals surface area contributed by atoms with Gasteiger partial charge in [0, 0.05) is 5.39 Å². The smallest absolute Gasteiger partial charge is 0.337 e. The molecular weight excluding hydrogens is 278 g/mol. The van der Waals surface area contributed by atoms with E-state index in [-0.39, 0.29) is 12.2 Å². The number of rotatable bonds is 4. The Kier molecular flexibility index (Phi) is 3.74. The van der Waals surface area contributed by atoms with Gasteiger partial charge >= 0.3 is 5.97 Å². The molecule has 0 aliphatic carbocycles. The number of carboxylic acid groups (broad SMARTS) is 1. The first kappa shape index (κ1) is 14.1. The molecule has 0 spiro atoms. The molecule has 0 unspecified atom stereocenters. The predicted octanol–water partition coefficient (Wildman–Crippen LogP) is 3.82. The lowest BCUT2D eigenvalue weighted by Crippen LogP contribution is -2.11. The Bertz CT molecular complexity index is 828. The number of nitrogens with zero attached hydrogens (tertiary/aromatic N) is 1. The zero-order valence-electron chi connectivity index (χ0n) is 12.1. The quantitative estimate of drug-likeness (QED) is 0.794. The molecule has 1 aromatic heterocycles. The van der Waals surface area contributed by atoms with Gasteiger partial charge < -0.3 is 9.84 Å². The van der Waals surface area contributed by atoms with Crippen molar-refractivity contribution in [1.29, 1.82) is 0 Å². The van der Waals surface area contributed by atoms with E-state index in [0.717, 1.165) is 10.9 Å². The number of aromatic carboxylic acids is 1. The summed E-state index contributed by atoms with van der Waals surface area (Å²) in [6.45, 7) is 1.93. The van der Waals surface area contributed by atoms with Crippen LogP contribution in [-0.4, -0.2) is 16.1 Å². The number of aromatic nitrogens is 1. The van der Waals surface area contributed by atoms with Gasteiger partial charge in [-0.05, 0) is 30.7 Å². The molecule has 0 aliphatic rings. The topological polar surface area (TPSA) is 59.4 Å². The highest BCUT2D eigenvalue weighted by Crippen LogP contribution is 2.24. The molecule has 4 heteroatoms. The van der Waals surface area contributed by atoms with Gasteiger partial charge in [0.25, 0.3) is 0 Å². The first-order chi connectivity index (χ1) is 10.7. The number of aryl methyl sites for hydroxylation is 1. The molecule has 0 atom stereocenters. The minimum Gasteiger partial charge on any atom is -0.487 e. The fourth-order valence-electron chi connectivity index (χ4n) is 2.50. The van der Waals surface area contributed by atoms with E-state index in [0.29, 0.717) is 17.0 Å². The fourth-order valence-corrected chi connectivity index (χ4v) is 2.50. The number of ether oxygens (including phenoxy) is 1. The van der Waals surface area contributed by atoms with Gasteiger partial charge in [-0.1, -0.05) is 36.4 Å². The summed E-state index contributed by atoms with van der Waals surface area (Å²) in [6, 6.07) is 16.8. The Morgan fingerprint density at radius 2 is 1.77 bits per heavy atom. The summed E-state index contributed by atoms with van der Waals surface area (Å²) >= 11 is 0. The second kappa shape index (κ2) is 5.85. The molecule has 0 radical (unpaired) electrons. The van der Waals surface area contributed by atoms with E-state index in [4.69, 9.17) is 4.74 Å². The molecule has 110 valence electrons. The van der Waals surface area contributed by atoms with Crippen molar-refractivity contribution in [3.8, 4) is 5.75 Å². The second-order valence-corrected chi connectivity index (χ2v) is 4.98. The van der Waals surface area contributed by atoms with Crippen LogP contribution >= 0.6 is 0 Å². The van der Waals surface area contributed by atoms with E-state index in [1.807, 2.05) is 54.6 Å². The fraction of sp³-hybridized carbons (Fsp3) is 0.111. The number of para-hydroxylation sites is 2. The van der Waals surface area contributed by atoms with Crippen molar-refractivity contribution in [2.24, 2.45) is 0 Å². The van der Waals surface area contributed by atoms with Crippen LogP contribution in [0.4, 0.5) is 0 Å². The van der Waals surface area contributed by atoms with Crippen molar-refractivity contribution >= 4 is 16.9 Å². The Morgan fingerprint density at radius 1 is 1.09 bits per heavy atom. The zero-order chi connectivity index (χ0) is 15.5. The third-order valence-corrected chi connectivity index (χ3v) is 3.56. The van der Waals surface area contributed by atoms with Crippen LogP contribution in [0.3, 0.4) is 0 Å². The second-order valence-electron chi connectivity index (χ2n) is 4.98. The first-order valence-electron chi connectivity index (χ1n) is 6.96. The molecule has 4 nitrogen and oxygen atoms in total. The number of hydrogen-bond donors (Lipinski definition) is 1. The Balaban J connectivity index is 2.04. The molecule has 3 aromatic rings. The Hall–Kier alpha value is -2.88. The average Bonchev–Trinajstić information content (AvgIpc) is 2.53. The van der Waals surface area contributed by atoms with Gasteiger partial charge in [-0.15, -0.1) is 0 Å². The van der Waals surface area contributed by atoms with E-state index >= 15 is 0 Å². The van der Waals surface area contributed by atoms with Gasteiger partial charge in [0.05, 0.1) is 16.8 Å². The molecule has 3 rings (SSSR count). The predicted molar refractivity (Wildman–Crippen MR) is 84.2 cm³/mol. The van der Waals surface area contributed by atoms with Crippen LogP contribution in [0.2, 0.25) is 0 Å². The molecule has 22 heavy (non-hydrogen) atoms. The highest BCUT2D eigenvalue weighted by Gasteiger charge is 2.18. The lowest BCUT2D eigenvalue weighted by Gasteiger charge is -2.12. The lowest BCUT2D eigenvalue weighted by molar-refractivity contribution is 0.0692. The molecule has 0 fully saturated rings. The van der Waals surface area contributed by atoms with E-state index in [9.17, 15) is 9.90 Å². The average molecular weight is 293 g/mol. The normalized spacial score (nSPS) is 10.6. The monoisotopic (exact) mass is 293 g/mol. The number of carbonyl (C=O) groups is 1. The highest BCUT2D eigenvalue weighted by atomic mass is 16.5. The highest BCUT2D eigenvalue weighted by molar-refractivity contribution is 5.97. The van der Waals surface area contributed by atoms with Gasteiger partial charge in [0.1, 0.15) is 12.4 Å². The van der Waals surface area contributed by atoms with Crippen molar-refractivity contribution in [3.63, 3.8) is 0 Å². The zero-order valence-corrected chi connectivity index (χ0v) is 12.1. The van der Waals surface area contributed by atoms with E-state index in [1.54, 1.807) is 6.92 Å². The summed E-state index contributed by atoms with van der Waals surface area (Å²) < 4.78 is 5.66. The van der Waals surface area contributed by atoms with Crippen molar-refractivity contribution in [1.82, 2.24) is 4.98 Å². The van der Waals surface area contributed by atoms with E-state index in [2.05, 4.69) is 4.98 Å². The minimum absolute atomic E-state index is 0.122. The van der Waals surface area contributed by atoms with Crippen LogP contribution in [0.25, 0.3) is 10.9 Å². The standard InChI is InChI=1S/C18H15NO3/c1-12-14-9-5-6-10-15(14)19-16(17(12)18(20)21)11-22-13-7-3-2-4-8-13/h2-10H,11H2,1H3,(H,20,21). The summed E-state index contributed by atoms with van der Waals surface area (Å²) in [5, 5.41) is 10.4. The van der Waals surface area contributed by atoms with Crippen LogP contribution in [0.5, 0.6) is 5.75 Å². The van der Waals surface area contributed by atoms with Gasteiger partial charge in [-0.25, -0.2) is 9.78 Å². The van der Waals surface area contributed by atoms with Crippen molar-refractivity contribution in [2.45, 2.75) is 13.5 Å². The third kappa shape index (κ3) is 2.63. The number of benzene rings is 2. The van der Waals surface area contributed by atoms with Gasteiger partial charge in [-0.3, -0.25) is 0 Å². The van der Waals surface area contributed by atoms with E-state index in [1.165, 1.54) is 0 Å². The molecule has 2 aromatic carbocycles. The molecule has 0 saturated carbocycles. The largest absolute Gasteiger partial charge is 0.487 e. The number of fused-ring (bicyclic) bond motifs is 1. The molecule has 0 aliphatic heterocycles. The number of hydrogen-bond acceptors (Lipinski definition) is 3. The summed E-state index contributed by atoms with van der Waals surface area (Å²) in [5.41, 5.74) is 2.14. The molecular formula is C18H15NO3. The van der Waals surface area contributed by atoms with Gasteiger partial charge in [0.15, 0.2) is 0 Å². The Labute approximate surface area is 128 Å². The summed E-state index contributed by atoms with van der Waals surface area (Å²) in [5.74, 6) is -0.297. The lowest BCUT2D eigenvalue weighted by atomic mass is 10.0. The molecule has 0 saturated heterocycles. The molecule has 1 heterocycles. The molecule has 0 bridgehead atoms. The molecule has 0 amide bonds. The van der Waals surface area contributed by atoms with E-state index < -0.39 is 5.97 Å². The van der Waals surface area contributed by atoms with Gasteiger partial charge in [-0.2, -0.15) is 0 Å². The number of carboxylic acids is 1. The number of pyridine rings is 1. The SMILES string of the molecule is Cc1c(C(=O)O)c(COc2ccccc2)nc2ccccc12. The summed E-state index contributed by atoms with van der Waals surface area (Å²) in [4.78, 5) is 16.1. The van der Waals surface area contributed by atoms with Crippen LogP contribution < -0.4 is 4.74 Å².